The maximum absolute atomic E-state index is 5.67. The lowest BCUT2D eigenvalue weighted by atomic mass is 10.2. The topological polar surface area (TPSA) is 18.5 Å². The molecule has 0 saturated carbocycles. The second-order valence-electron chi connectivity index (χ2n) is 4.04. The van der Waals surface area contributed by atoms with Crippen molar-refractivity contribution in [1.82, 2.24) is 0 Å². The molecule has 90 valence electrons. The summed E-state index contributed by atoms with van der Waals surface area (Å²) in [6.07, 6.45) is 4.93. The summed E-state index contributed by atoms with van der Waals surface area (Å²) in [6, 6.07) is 5.98. The third kappa shape index (κ3) is 4.13. The first-order valence-corrected chi connectivity index (χ1v) is 6.05. The first kappa shape index (κ1) is 12.9. The average molecular weight is 222 g/mol. The van der Waals surface area contributed by atoms with Crippen molar-refractivity contribution in [2.45, 2.75) is 39.5 Å². The summed E-state index contributed by atoms with van der Waals surface area (Å²) in [5, 5.41) is 0. The van der Waals surface area contributed by atoms with Gasteiger partial charge in [-0.05, 0) is 25.0 Å². The SMILES string of the molecule is CCCCCCOc1ccc(C)c(OC)c1. The fourth-order valence-corrected chi connectivity index (χ4v) is 1.61. The third-order valence-corrected chi connectivity index (χ3v) is 2.65. The fraction of sp³-hybridized carbons (Fsp3) is 0.571. The molecule has 2 heteroatoms. The predicted molar refractivity (Wildman–Crippen MR) is 67.4 cm³/mol. The molecule has 0 spiro atoms. The molecular weight excluding hydrogens is 200 g/mol. The van der Waals surface area contributed by atoms with Crippen LogP contribution in [0.4, 0.5) is 0 Å². The zero-order valence-corrected chi connectivity index (χ0v) is 10.6. The van der Waals surface area contributed by atoms with E-state index in [2.05, 4.69) is 6.92 Å². The van der Waals surface area contributed by atoms with Crippen LogP contribution in [0.25, 0.3) is 0 Å². The number of unbranched alkanes of at least 4 members (excludes halogenated alkanes) is 3. The minimum absolute atomic E-state index is 0.798. The van der Waals surface area contributed by atoms with Crippen LogP contribution in [0.15, 0.2) is 18.2 Å². The van der Waals surface area contributed by atoms with Crippen LogP contribution < -0.4 is 9.47 Å². The summed E-state index contributed by atoms with van der Waals surface area (Å²) in [6.45, 7) is 5.04. The molecule has 1 rings (SSSR count). The van der Waals surface area contributed by atoms with Gasteiger partial charge >= 0.3 is 0 Å². The summed E-state index contributed by atoms with van der Waals surface area (Å²) in [5.41, 5.74) is 1.14. The van der Waals surface area contributed by atoms with Gasteiger partial charge in [-0.3, -0.25) is 0 Å². The summed E-state index contributed by atoms with van der Waals surface area (Å²) in [5.74, 6) is 1.80. The Morgan fingerprint density at radius 2 is 1.94 bits per heavy atom. The second-order valence-corrected chi connectivity index (χ2v) is 4.04. The van der Waals surface area contributed by atoms with Crippen LogP contribution in [-0.4, -0.2) is 13.7 Å². The van der Waals surface area contributed by atoms with E-state index in [1.807, 2.05) is 25.1 Å². The Morgan fingerprint density at radius 1 is 1.12 bits per heavy atom. The Bertz CT molecular complexity index is 308. The van der Waals surface area contributed by atoms with Crippen molar-refractivity contribution in [1.29, 1.82) is 0 Å². The number of hydrogen-bond donors (Lipinski definition) is 0. The molecule has 0 saturated heterocycles. The molecule has 0 unspecified atom stereocenters. The molecule has 0 aliphatic heterocycles. The number of hydrogen-bond acceptors (Lipinski definition) is 2. The smallest absolute Gasteiger partial charge is 0.125 e. The second kappa shape index (κ2) is 7.15. The maximum Gasteiger partial charge on any atom is 0.125 e. The van der Waals surface area contributed by atoms with Crippen molar-refractivity contribution in [2.75, 3.05) is 13.7 Å². The molecule has 0 fully saturated rings. The standard InChI is InChI=1S/C14H22O2/c1-4-5-6-7-10-16-13-9-8-12(2)14(11-13)15-3/h8-9,11H,4-7,10H2,1-3H3. The molecule has 1 aromatic rings. The van der Waals surface area contributed by atoms with Crippen LogP contribution in [-0.2, 0) is 0 Å². The zero-order valence-electron chi connectivity index (χ0n) is 10.6. The van der Waals surface area contributed by atoms with E-state index in [1.165, 1.54) is 19.3 Å². The number of methoxy groups -OCH3 is 1. The first-order chi connectivity index (χ1) is 7.77. The summed E-state index contributed by atoms with van der Waals surface area (Å²) in [7, 11) is 1.69. The number of aryl methyl sites for hydroxylation is 1. The Morgan fingerprint density at radius 3 is 2.62 bits per heavy atom. The molecule has 0 heterocycles. The van der Waals surface area contributed by atoms with Crippen molar-refractivity contribution in [3.05, 3.63) is 23.8 Å². The van der Waals surface area contributed by atoms with Gasteiger partial charge in [0.05, 0.1) is 13.7 Å². The van der Waals surface area contributed by atoms with Crippen molar-refractivity contribution in [3.63, 3.8) is 0 Å². The molecule has 0 aliphatic rings. The van der Waals surface area contributed by atoms with Crippen LogP contribution in [0, 0.1) is 6.92 Å². The molecule has 1 aromatic carbocycles. The van der Waals surface area contributed by atoms with Crippen LogP contribution in [0.3, 0.4) is 0 Å². The van der Waals surface area contributed by atoms with Crippen molar-refractivity contribution < 1.29 is 9.47 Å². The predicted octanol–water partition coefficient (Wildman–Crippen LogP) is 3.96. The normalized spacial score (nSPS) is 10.2. The number of ether oxygens (including phenoxy) is 2. The van der Waals surface area contributed by atoms with Crippen LogP contribution in [0.2, 0.25) is 0 Å². The highest BCUT2D eigenvalue weighted by Gasteiger charge is 2.00. The van der Waals surface area contributed by atoms with Gasteiger partial charge in [0.15, 0.2) is 0 Å². The minimum Gasteiger partial charge on any atom is -0.496 e. The molecule has 0 bridgehead atoms. The summed E-state index contributed by atoms with van der Waals surface area (Å²) in [4.78, 5) is 0. The van der Waals surface area contributed by atoms with Gasteiger partial charge in [0.25, 0.3) is 0 Å². The van der Waals surface area contributed by atoms with E-state index in [4.69, 9.17) is 9.47 Å². The van der Waals surface area contributed by atoms with E-state index in [0.29, 0.717) is 0 Å². The Kier molecular flexibility index (Phi) is 5.76. The molecule has 16 heavy (non-hydrogen) atoms. The Labute approximate surface area is 98.6 Å². The number of rotatable bonds is 7. The van der Waals surface area contributed by atoms with Crippen LogP contribution in [0.1, 0.15) is 38.2 Å². The third-order valence-electron chi connectivity index (χ3n) is 2.65. The quantitative estimate of drug-likeness (QED) is 0.650. The van der Waals surface area contributed by atoms with Crippen molar-refractivity contribution >= 4 is 0 Å². The lowest BCUT2D eigenvalue weighted by Gasteiger charge is -2.09. The zero-order chi connectivity index (χ0) is 11.8. The van der Waals surface area contributed by atoms with Gasteiger partial charge in [-0.25, -0.2) is 0 Å². The van der Waals surface area contributed by atoms with Gasteiger partial charge in [-0.1, -0.05) is 32.3 Å². The lowest BCUT2D eigenvalue weighted by Crippen LogP contribution is -1.98. The molecular formula is C14H22O2. The van der Waals surface area contributed by atoms with Crippen LogP contribution in [0.5, 0.6) is 11.5 Å². The number of benzene rings is 1. The molecule has 2 nitrogen and oxygen atoms in total. The Hall–Kier alpha value is -1.18. The monoisotopic (exact) mass is 222 g/mol. The minimum atomic E-state index is 0.798. The molecule has 0 amide bonds. The van der Waals surface area contributed by atoms with Gasteiger partial charge in [-0.15, -0.1) is 0 Å². The van der Waals surface area contributed by atoms with Crippen molar-refractivity contribution in [3.8, 4) is 11.5 Å². The van der Waals surface area contributed by atoms with Crippen LogP contribution >= 0.6 is 0 Å². The Balaban J connectivity index is 2.36. The highest BCUT2D eigenvalue weighted by Crippen LogP contribution is 2.23. The summed E-state index contributed by atoms with van der Waals surface area (Å²) < 4.78 is 10.9. The molecule has 0 radical (unpaired) electrons. The van der Waals surface area contributed by atoms with Gasteiger partial charge in [-0.2, -0.15) is 0 Å². The van der Waals surface area contributed by atoms with Crippen molar-refractivity contribution in [2.24, 2.45) is 0 Å². The van der Waals surface area contributed by atoms with E-state index in [-0.39, 0.29) is 0 Å². The highest BCUT2D eigenvalue weighted by molar-refractivity contribution is 5.39. The molecule has 0 atom stereocenters. The van der Waals surface area contributed by atoms with Gasteiger partial charge in [0.2, 0.25) is 0 Å². The van der Waals surface area contributed by atoms with E-state index in [1.54, 1.807) is 7.11 Å². The van der Waals surface area contributed by atoms with E-state index in [9.17, 15) is 0 Å². The lowest BCUT2D eigenvalue weighted by molar-refractivity contribution is 0.302. The maximum atomic E-state index is 5.67. The molecule has 0 aliphatic carbocycles. The van der Waals surface area contributed by atoms with Gasteiger partial charge < -0.3 is 9.47 Å². The van der Waals surface area contributed by atoms with E-state index in [0.717, 1.165) is 30.1 Å². The van der Waals surface area contributed by atoms with Gasteiger partial charge in [0, 0.05) is 6.07 Å². The van der Waals surface area contributed by atoms with E-state index >= 15 is 0 Å². The molecule has 0 N–H and O–H groups in total. The van der Waals surface area contributed by atoms with Gasteiger partial charge in [0.1, 0.15) is 11.5 Å². The fourth-order valence-electron chi connectivity index (χ4n) is 1.61. The molecule has 0 aromatic heterocycles. The largest absolute Gasteiger partial charge is 0.496 e. The van der Waals surface area contributed by atoms with E-state index < -0.39 is 0 Å². The highest BCUT2D eigenvalue weighted by atomic mass is 16.5. The summed E-state index contributed by atoms with van der Waals surface area (Å²) >= 11 is 0. The average Bonchev–Trinajstić information content (AvgIpc) is 2.31. The first-order valence-electron chi connectivity index (χ1n) is 6.05.